The Labute approximate surface area is 122 Å². The second-order valence-electron chi connectivity index (χ2n) is 4.58. The predicted molar refractivity (Wildman–Crippen MR) is 77.7 cm³/mol. The van der Waals surface area contributed by atoms with Crippen molar-refractivity contribution in [1.82, 2.24) is 9.78 Å². The molecule has 6 nitrogen and oxygen atoms in total. The summed E-state index contributed by atoms with van der Waals surface area (Å²) in [5.74, 6) is -0.630. The Morgan fingerprint density at radius 3 is 2.76 bits per heavy atom. The number of rotatable bonds is 5. The molecule has 0 fully saturated rings. The number of sulfonamides is 1. The monoisotopic (exact) mass is 312 g/mol. The Morgan fingerprint density at radius 2 is 2.14 bits per heavy atom. The van der Waals surface area contributed by atoms with Gasteiger partial charge in [-0.3, -0.25) is 9.40 Å². The van der Waals surface area contributed by atoms with Gasteiger partial charge in [0.1, 0.15) is 5.82 Å². The van der Waals surface area contributed by atoms with E-state index in [1.165, 1.54) is 16.8 Å². The van der Waals surface area contributed by atoms with Gasteiger partial charge < -0.3 is 5.73 Å². The molecule has 114 valence electrons. The van der Waals surface area contributed by atoms with E-state index >= 15 is 0 Å². The van der Waals surface area contributed by atoms with Crippen LogP contribution >= 0.6 is 0 Å². The summed E-state index contributed by atoms with van der Waals surface area (Å²) in [6.45, 7) is 1.87. The third-order valence-electron chi connectivity index (χ3n) is 3.02. The third-order valence-corrected chi connectivity index (χ3v) is 4.47. The maximum atomic E-state index is 13.4. The number of hydrogen-bond donors (Lipinski definition) is 2. The van der Waals surface area contributed by atoms with Crippen LogP contribution in [0, 0.1) is 5.82 Å². The lowest BCUT2D eigenvalue weighted by atomic mass is 10.2. The molecule has 0 aliphatic heterocycles. The molecular weight excluding hydrogens is 295 g/mol. The second kappa shape index (κ2) is 5.82. The van der Waals surface area contributed by atoms with Crippen molar-refractivity contribution in [3.05, 3.63) is 41.5 Å². The number of halogens is 1. The predicted octanol–water partition coefficient (Wildman–Crippen LogP) is 1.38. The van der Waals surface area contributed by atoms with Crippen LogP contribution in [0.25, 0.3) is 0 Å². The van der Waals surface area contributed by atoms with E-state index in [4.69, 9.17) is 5.73 Å². The van der Waals surface area contributed by atoms with Crippen LogP contribution in [0.5, 0.6) is 0 Å². The minimum Gasteiger partial charge on any atom is -0.326 e. The van der Waals surface area contributed by atoms with Gasteiger partial charge in [0.25, 0.3) is 10.0 Å². The van der Waals surface area contributed by atoms with Crippen LogP contribution in [0.15, 0.2) is 29.3 Å². The summed E-state index contributed by atoms with van der Waals surface area (Å²) in [5, 5.41) is 4.16. The van der Waals surface area contributed by atoms with Gasteiger partial charge in [0.15, 0.2) is 0 Å². The quantitative estimate of drug-likeness (QED) is 0.873. The lowest BCUT2D eigenvalue weighted by molar-refractivity contribution is 0.593. The second-order valence-corrected chi connectivity index (χ2v) is 6.23. The number of anilines is 1. The van der Waals surface area contributed by atoms with Crippen LogP contribution in [0.4, 0.5) is 10.1 Å². The summed E-state index contributed by atoms with van der Waals surface area (Å²) in [6, 6.07) is 3.52. The van der Waals surface area contributed by atoms with Gasteiger partial charge in [-0.1, -0.05) is 13.0 Å². The Morgan fingerprint density at radius 1 is 1.43 bits per heavy atom. The summed E-state index contributed by atoms with van der Waals surface area (Å²) in [4.78, 5) is -0.157. The molecule has 2 rings (SSSR count). The van der Waals surface area contributed by atoms with Crippen LogP contribution in [0.1, 0.15) is 18.2 Å². The topological polar surface area (TPSA) is 90.0 Å². The van der Waals surface area contributed by atoms with Crippen molar-refractivity contribution in [1.29, 1.82) is 0 Å². The molecule has 0 saturated heterocycles. The maximum Gasteiger partial charge on any atom is 0.262 e. The first-order chi connectivity index (χ1) is 9.87. The van der Waals surface area contributed by atoms with Gasteiger partial charge in [-0.05, 0) is 24.1 Å². The molecule has 0 spiro atoms. The van der Waals surface area contributed by atoms with Crippen molar-refractivity contribution >= 4 is 15.7 Å². The van der Waals surface area contributed by atoms with Gasteiger partial charge >= 0.3 is 0 Å². The Kier molecular flexibility index (Phi) is 4.29. The number of hydrogen-bond acceptors (Lipinski definition) is 4. The summed E-state index contributed by atoms with van der Waals surface area (Å²) in [6.07, 6.45) is 2.14. The van der Waals surface area contributed by atoms with Crippen molar-refractivity contribution in [3.63, 3.8) is 0 Å². The van der Waals surface area contributed by atoms with E-state index in [1.807, 2.05) is 6.92 Å². The van der Waals surface area contributed by atoms with Crippen molar-refractivity contribution in [2.75, 3.05) is 4.72 Å². The number of aryl methyl sites for hydroxylation is 2. The molecule has 0 unspecified atom stereocenters. The first-order valence-electron chi connectivity index (χ1n) is 6.41. The molecule has 1 aromatic heterocycles. The molecule has 3 N–H and O–H groups in total. The molecule has 0 aliphatic rings. The van der Waals surface area contributed by atoms with E-state index in [-0.39, 0.29) is 11.4 Å². The molecule has 0 radical (unpaired) electrons. The van der Waals surface area contributed by atoms with Crippen molar-refractivity contribution in [2.45, 2.75) is 24.8 Å². The molecule has 2 aromatic rings. The van der Waals surface area contributed by atoms with Crippen LogP contribution in [-0.4, -0.2) is 18.2 Å². The van der Waals surface area contributed by atoms with E-state index in [0.717, 1.165) is 6.07 Å². The maximum absolute atomic E-state index is 13.4. The molecule has 0 bridgehead atoms. The third kappa shape index (κ3) is 3.22. The highest BCUT2D eigenvalue weighted by atomic mass is 32.2. The lowest BCUT2D eigenvalue weighted by Crippen LogP contribution is -2.17. The number of nitrogens with two attached hydrogens (primary N) is 1. The van der Waals surface area contributed by atoms with Gasteiger partial charge in [-0.2, -0.15) is 5.10 Å². The van der Waals surface area contributed by atoms with E-state index in [0.29, 0.717) is 23.4 Å². The van der Waals surface area contributed by atoms with Gasteiger partial charge in [-0.25, -0.2) is 12.8 Å². The number of aromatic nitrogens is 2. The van der Waals surface area contributed by atoms with Gasteiger partial charge in [-0.15, -0.1) is 0 Å². The summed E-state index contributed by atoms with van der Waals surface area (Å²) >= 11 is 0. The SMILES string of the molecule is CCc1nn(C)cc1NS(=O)(=O)c1cc(F)ccc1CN. The first-order valence-corrected chi connectivity index (χ1v) is 7.89. The highest BCUT2D eigenvalue weighted by Crippen LogP contribution is 2.22. The number of nitrogens with zero attached hydrogens (tertiary/aromatic N) is 2. The van der Waals surface area contributed by atoms with Crippen molar-refractivity contribution < 1.29 is 12.8 Å². The largest absolute Gasteiger partial charge is 0.326 e. The smallest absolute Gasteiger partial charge is 0.262 e. The fourth-order valence-electron chi connectivity index (χ4n) is 2.03. The lowest BCUT2D eigenvalue weighted by Gasteiger charge is -2.11. The molecule has 1 heterocycles. The van der Waals surface area contributed by atoms with E-state index in [9.17, 15) is 12.8 Å². The minimum absolute atomic E-state index is 0.00416. The molecule has 21 heavy (non-hydrogen) atoms. The number of benzene rings is 1. The summed E-state index contributed by atoms with van der Waals surface area (Å²) < 4.78 is 42.2. The average Bonchev–Trinajstić information content (AvgIpc) is 2.78. The van der Waals surface area contributed by atoms with E-state index in [2.05, 4.69) is 9.82 Å². The van der Waals surface area contributed by atoms with Crippen LogP contribution in [-0.2, 0) is 30.0 Å². The van der Waals surface area contributed by atoms with Crippen LogP contribution in [0.3, 0.4) is 0 Å². The fraction of sp³-hybridized carbons (Fsp3) is 0.308. The first kappa shape index (κ1) is 15.5. The number of nitrogens with one attached hydrogen (secondary N) is 1. The Hall–Kier alpha value is -1.93. The zero-order valence-corrected chi connectivity index (χ0v) is 12.6. The summed E-state index contributed by atoms with van der Waals surface area (Å²) in [5.41, 5.74) is 6.87. The van der Waals surface area contributed by atoms with Crippen LogP contribution in [0.2, 0.25) is 0 Å². The fourth-order valence-corrected chi connectivity index (χ4v) is 3.36. The Bertz CT molecular complexity index is 756. The minimum atomic E-state index is -3.92. The van der Waals surface area contributed by atoms with Crippen molar-refractivity contribution in [2.24, 2.45) is 12.8 Å². The van der Waals surface area contributed by atoms with Gasteiger partial charge in [0.05, 0.1) is 16.3 Å². The van der Waals surface area contributed by atoms with Gasteiger partial charge in [0, 0.05) is 19.8 Å². The standard InChI is InChI=1S/C13H17FN4O2S/c1-3-11-12(8-18(2)16-11)17-21(19,20)13-6-10(14)5-4-9(13)7-15/h4-6,8,17H,3,7,15H2,1-2H3. The zero-order valence-electron chi connectivity index (χ0n) is 11.8. The van der Waals surface area contributed by atoms with Crippen LogP contribution < -0.4 is 10.5 Å². The average molecular weight is 312 g/mol. The highest BCUT2D eigenvalue weighted by Gasteiger charge is 2.21. The van der Waals surface area contributed by atoms with Gasteiger partial charge in [0.2, 0.25) is 0 Å². The van der Waals surface area contributed by atoms with Crippen molar-refractivity contribution in [3.8, 4) is 0 Å². The van der Waals surface area contributed by atoms with E-state index in [1.54, 1.807) is 13.2 Å². The van der Waals surface area contributed by atoms with E-state index < -0.39 is 15.8 Å². The summed E-state index contributed by atoms with van der Waals surface area (Å²) in [7, 11) is -2.22. The molecule has 8 heteroatoms. The highest BCUT2D eigenvalue weighted by molar-refractivity contribution is 7.92. The molecule has 0 amide bonds. The molecular formula is C13H17FN4O2S. The molecule has 0 atom stereocenters. The Balaban J connectivity index is 2.45. The molecule has 0 aliphatic carbocycles. The molecule has 1 aromatic carbocycles. The zero-order chi connectivity index (χ0) is 15.6. The molecule has 0 saturated carbocycles. The normalized spacial score (nSPS) is 11.6.